The second-order valence-corrected chi connectivity index (χ2v) is 4.70. The fourth-order valence-corrected chi connectivity index (χ4v) is 1.83. The van der Waals surface area contributed by atoms with Crippen LogP contribution in [0.5, 0.6) is 0 Å². The maximum Gasteiger partial charge on any atom is 0.240 e. The Labute approximate surface area is 145 Å². The molecule has 12 heteroatoms. The van der Waals surface area contributed by atoms with Gasteiger partial charge in [-0.05, 0) is 0 Å². The van der Waals surface area contributed by atoms with Crippen LogP contribution >= 0.6 is 0 Å². The molecule has 1 aromatic heterocycles. The Hall–Kier alpha value is -2.12. The van der Waals surface area contributed by atoms with Crippen LogP contribution in [0.25, 0.3) is 0 Å². The van der Waals surface area contributed by atoms with Crippen molar-refractivity contribution in [3.8, 4) is 0 Å². The molecule has 0 saturated heterocycles. The molecule has 0 bridgehead atoms. The number of anilines is 3. The number of hydrogen-bond acceptors (Lipinski definition) is 11. The molecule has 1 heterocycles. The maximum absolute atomic E-state index is 11.1. The molecule has 0 aliphatic heterocycles. The van der Waals surface area contributed by atoms with Gasteiger partial charge >= 0.3 is 0 Å². The lowest BCUT2D eigenvalue weighted by Crippen LogP contribution is -2.35. The molecular weight excluding hydrogens is 336 g/mol. The lowest BCUT2D eigenvalue weighted by Gasteiger charge is -2.25. The van der Waals surface area contributed by atoms with E-state index in [2.05, 4.69) is 15.0 Å². The molecule has 0 aromatic carbocycles. The van der Waals surface area contributed by atoms with Crippen molar-refractivity contribution < 1.29 is 28.8 Å². The number of aliphatic hydroxyl groups excluding tert-OH is 1. The Balaban J connectivity index is 3.36. The van der Waals surface area contributed by atoms with E-state index in [1.165, 1.54) is 28.4 Å². The summed E-state index contributed by atoms with van der Waals surface area (Å²) in [5.41, 5.74) is 0. The van der Waals surface area contributed by atoms with Crippen LogP contribution in [0.4, 0.5) is 17.8 Å². The number of carbonyl (C=O) groups is 1. The van der Waals surface area contributed by atoms with Gasteiger partial charge in [0.1, 0.15) is 33.7 Å². The number of hydrogen-bond donors (Lipinski definition) is 1. The summed E-state index contributed by atoms with van der Waals surface area (Å²) in [5, 5.41) is 9.32. The van der Waals surface area contributed by atoms with Crippen LogP contribution in [0.15, 0.2) is 0 Å². The third kappa shape index (κ3) is 6.03. The topological polar surface area (TPSA) is 123 Å². The third-order valence-electron chi connectivity index (χ3n) is 2.84. The van der Waals surface area contributed by atoms with E-state index < -0.39 is 6.73 Å². The van der Waals surface area contributed by atoms with Crippen LogP contribution in [0, 0.1) is 0 Å². The molecule has 1 N–H and O–H groups in total. The van der Waals surface area contributed by atoms with Crippen molar-refractivity contribution in [3.63, 3.8) is 0 Å². The molecule has 0 aliphatic carbocycles. The predicted molar refractivity (Wildman–Crippen MR) is 87.9 cm³/mol. The first kappa shape index (κ1) is 20.9. The number of ether oxygens (including phenoxy) is 4. The Morgan fingerprint density at radius 2 is 1.16 bits per heavy atom. The Kier molecular flexibility index (Phi) is 9.57. The van der Waals surface area contributed by atoms with Gasteiger partial charge in [-0.25, -0.2) is 0 Å². The fourth-order valence-electron chi connectivity index (χ4n) is 1.83. The highest BCUT2D eigenvalue weighted by molar-refractivity contribution is 5.71. The fraction of sp³-hybridized carbons (Fsp3) is 0.692. The lowest BCUT2D eigenvalue weighted by atomic mass is 10.6. The van der Waals surface area contributed by atoms with Crippen molar-refractivity contribution in [2.75, 3.05) is 76.8 Å². The van der Waals surface area contributed by atoms with Gasteiger partial charge in [-0.3, -0.25) is 19.5 Å². The smallest absolute Gasteiger partial charge is 0.240 e. The molecule has 0 spiro atoms. The van der Waals surface area contributed by atoms with Gasteiger partial charge in [0.25, 0.3) is 0 Å². The van der Waals surface area contributed by atoms with Gasteiger partial charge < -0.3 is 24.1 Å². The Bertz CT molecular complexity index is 476. The zero-order valence-electron chi connectivity index (χ0n) is 14.8. The van der Waals surface area contributed by atoms with Crippen molar-refractivity contribution in [1.82, 2.24) is 15.0 Å². The van der Waals surface area contributed by atoms with E-state index in [1.54, 1.807) is 9.80 Å². The van der Waals surface area contributed by atoms with Crippen LogP contribution in [-0.2, 0) is 23.7 Å². The molecule has 12 nitrogen and oxygen atoms in total. The van der Waals surface area contributed by atoms with Gasteiger partial charge in [0.15, 0.2) is 0 Å². The summed E-state index contributed by atoms with van der Waals surface area (Å²) in [6.45, 7) is -0.0104. The first-order valence-electron chi connectivity index (χ1n) is 7.19. The van der Waals surface area contributed by atoms with Gasteiger partial charge in [0, 0.05) is 28.4 Å². The monoisotopic (exact) mass is 360 g/mol. The van der Waals surface area contributed by atoms with E-state index in [0.29, 0.717) is 6.41 Å². The summed E-state index contributed by atoms with van der Waals surface area (Å²) in [6, 6.07) is 0. The number of aliphatic hydroxyl groups is 1. The third-order valence-corrected chi connectivity index (χ3v) is 2.84. The second kappa shape index (κ2) is 11.4. The Morgan fingerprint density at radius 1 is 0.800 bits per heavy atom. The number of amides is 1. The second-order valence-electron chi connectivity index (χ2n) is 4.70. The summed E-state index contributed by atoms with van der Waals surface area (Å²) in [4.78, 5) is 27.9. The molecule has 0 saturated carbocycles. The largest absolute Gasteiger partial charge is 0.376 e. The molecule has 1 aromatic rings. The Morgan fingerprint density at radius 3 is 1.44 bits per heavy atom. The van der Waals surface area contributed by atoms with Gasteiger partial charge in [0.05, 0.1) is 0 Å². The van der Waals surface area contributed by atoms with Gasteiger partial charge in [-0.2, -0.15) is 15.0 Å². The van der Waals surface area contributed by atoms with Crippen molar-refractivity contribution in [3.05, 3.63) is 0 Å². The number of rotatable bonds is 13. The molecule has 0 fully saturated rings. The highest BCUT2D eigenvalue weighted by Crippen LogP contribution is 2.18. The predicted octanol–water partition coefficient (Wildman–Crippen LogP) is -1.19. The summed E-state index contributed by atoms with van der Waals surface area (Å²) < 4.78 is 20.4. The van der Waals surface area contributed by atoms with Crippen molar-refractivity contribution >= 4 is 24.3 Å². The normalized spacial score (nSPS) is 10.6. The van der Waals surface area contributed by atoms with Crippen LogP contribution < -0.4 is 14.7 Å². The summed E-state index contributed by atoms with van der Waals surface area (Å²) >= 11 is 0. The zero-order chi connectivity index (χ0) is 18.7. The van der Waals surface area contributed by atoms with Crippen LogP contribution in [0.1, 0.15) is 0 Å². The number of carbonyl (C=O) groups excluding carboxylic acids is 1. The standard InChI is InChI=1S/C13H24N6O6/c1-22-7-18(8-23-2)12-14-11(17(5-20)6-21)15-13(16-12)19(9-24-3)10-25-4/h5,21H,6-10H2,1-4H3. The minimum absolute atomic E-state index is 0.0353. The summed E-state index contributed by atoms with van der Waals surface area (Å²) in [5.74, 6) is 0.356. The number of nitrogens with zero attached hydrogens (tertiary/aromatic N) is 6. The molecular formula is C13H24N6O6. The van der Waals surface area contributed by atoms with Gasteiger partial charge in [-0.1, -0.05) is 0 Å². The zero-order valence-corrected chi connectivity index (χ0v) is 14.8. The lowest BCUT2D eigenvalue weighted by molar-refractivity contribution is -0.108. The number of methoxy groups -OCH3 is 4. The van der Waals surface area contributed by atoms with Crippen molar-refractivity contribution in [2.24, 2.45) is 0 Å². The molecule has 1 amide bonds. The highest BCUT2D eigenvalue weighted by atomic mass is 16.5. The van der Waals surface area contributed by atoms with Gasteiger partial charge in [0.2, 0.25) is 24.3 Å². The molecule has 142 valence electrons. The van der Waals surface area contributed by atoms with Crippen LogP contribution in [-0.4, -0.2) is 88.6 Å². The minimum atomic E-state index is -0.588. The van der Waals surface area contributed by atoms with Crippen molar-refractivity contribution in [1.29, 1.82) is 0 Å². The van der Waals surface area contributed by atoms with Crippen molar-refractivity contribution in [2.45, 2.75) is 0 Å². The summed E-state index contributed by atoms with van der Waals surface area (Å²) in [7, 11) is 6.05. The SMILES string of the molecule is COCN(COC)c1nc(N(C=O)CO)nc(N(COC)COC)n1. The molecule has 0 atom stereocenters. The van der Waals surface area contributed by atoms with E-state index in [-0.39, 0.29) is 44.8 Å². The average molecular weight is 360 g/mol. The van der Waals surface area contributed by atoms with Crippen LogP contribution in [0.3, 0.4) is 0 Å². The van der Waals surface area contributed by atoms with Crippen LogP contribution in [0.2, 0.25) is 0 Å². The average Bonchev–Trinajstić information content (AvgIpc) is 2.62. The van der Waals surface area contributed by atoms with E-state index in [4.69, 9.17) is 18.9 Å². The summed E-state index contributed by atoms with van der Waals surface area (Å²) in [6.07, 6.45) is 0.414. The number of aromatic nitrogens is 3. The van der Waals surface area contributed by atoms with E-state index in [1.807, 2.05) is 0 Å². The molecule has 1 rings (SSSR count). The minimum Gasteiger partial charge on any atom is -0.376 e. The quantitative estimate of drug-likeness (QED) is 0.337. The first-order valence-corrected chi connectivity index (χ1v) is 7.19. The molecule has 0 aliphatic rings. The van der Waals surface area contributed by atoms with E-state index >= 15 is 0 Å². The highest BCUT2D eigenvalue weighted by Gasteiger charge is 2.20. The van der Waals surface area contributed by atoms with E-state index in [9.17, 15) is 9.90 Å². The molecule has 25 heavy (non-hydrogen) atoms. The molecule has 0 radical (unpaired) electrons. The van der Waals surface area contributed by atoms with E-state index in [0.717, 1.165) is 4.90 Å². The molecule has 0 unspecified atom stereocenters. The first-order chi connectivity index (χ1) is 12.1. The maximum atomic E-state index is 11.1. The van der Waals surface area contributed by atoms with Gasteiger partial charge in [-0.15, -0.1) is 0 Å².